The topological polar surface area (TPSA) is 67.8 Å². The summed E-state index contributed by atoms with van der Waals surface area (Å²) in [6.45, 7) is 4.17. The van der Waals surface area contributed by atoms with Crippen LogP contribution in [0, 0.1) is 5.41 Å². The van der Waals surface area contributed by atoms with Crippen LogP contribution in [0.15, 0.2) is 34.1 Å². The van der Waals surface area contributed by atoms with Crippen LogP contribution < -0.4 is 5.84 Å². The molecule has 0 aromatic heterocycles. The van der Waals surface area contributed by atoms with Gasteiger partial charge in [-0.2, -0.15) is 0 Å². The van der Waals surface area contributed by atoms with Gasteiger partial charge in [-0.15, -0.1) is 5.11 Å². The molecule has 0 saturated carbocycles. The molecular formula is C16H19N3O. The molecule has 0 aliphatic heterocycles. The third kappa shape index (κ3) is 1.64. The van der Waals surface area contributed by atoms with Gasteiger partial charge >= 0.3 is 0 Å². The molecule has 0 heterocycles. The van der Waals surface area contributed by atoms with Gasteiger partial charge in [0.2, 0.25) is 0 Å². The minimum atomic E-state index is 0.0978. The lowest BCUT2D eigenvalue weighted by atomic mass is 9.68. The third-order valence-electron chi connectivity index (χ3n) is 4.93. The summed E-state index contributed by atoms with van der Waals surface area (Å²) < 4.78 is 0. The largest absolute Gasteiger partial charge is 0.305 e. The van der Waals surface area contributed by atoms with Crippen LogP contribution in [0.25, 0.3) is 5.57 Å². The number of hydrogen-bond donors (Lipinski definition) is 1. The van der Waals surface area contributed by atoms with Gasteiger partial charge in [-0.3, -0.25) is 4.79 Å². The Labute approximate surface area is 118 Å². The van der Waals surface area contributed by atoms with Crippen LogP contribution >= 0.6 is 0 Å². The van der Waals surface area contributed by atoms with E-state index >= 15 is 0 Å². The Morgan fingerprint density at radius 2 is 2.20 bits per heavy atom. The quantitative estimate of drug-likeness (QED) is 0.505. The lowest BCUT2D eigenvalue weighted by Gasteiger charge is -2.34. The van der Waals surface area contributed by atoms with Crippen molar-refractivity contribution in [1.29, 1.82) is 0 Å². The van der Waals surface area contributed by atoms with E-state index in [-0.39, 0.29) is 11.2 Å². The Morgan fingerprint density at radius 1 is 1.40 bits per heavy atom. The summed E-state index contributed by atoms with van der Waals surface area (Å²) in [6.07, 6.45) is 3.57. The summed E-state index contributed by atoms with van der Waals surface area (Å²) in [7, 11) is 0. The number of carbonyl (C=O) groups excluding carboxylic acids is 1. The fourth-order valence-corrected chi connectivity index (χ4v) is 3.83. The maximum Gasteiger partial charge on any atom is 0.158 e. The predicted molar refractivity (Wildman–Crippen MR) is 78.4 cm³/mol. The van der Waals surface area contributed by atoms with Crippen LogP contribution in [0.3, 0.4) is 0 Å². The number of nitrogens with two attached hydrogens (primary N) is 1. The van der Waals surface area contributed by atoms with E-state index in [2.05, 4.69) is 23.3 Å². The molecule has 3 rings (SSSR count). The highest BCUT2D eigenvalue weighted by molar-refractivity contribution is 6.06. The number of rotatable bonds is 2. The minimum absolute atomic E-state index is 0.0978. The maximum atomic E-state index is 12.1. The van der Waals surface area contributed by atoms with Gasteiger partial charge in [0, 0.05) is 11.8 Å². The monoisotopic (exact) mass is 269 g/mol. The Morgan fingerprint density at radius 3 is 2.90 bits per heavy atom. The summed E-state index contributed by atoms with van der Waals surface area (Å²) >= 11 is 0. The zero-order valence-electron chi connectivity index (χ0n) is 11.9. The van der Waals surface area contributed by atoms with Crippen LogP contribution in [-0.2, 0) is 11.2 Å². The molecule has 1 unspecified atom stereocenters. The van der Waals surface area contributed by atoms with Crippen molar-refractivity contribution in [2.75, 3.05) is 0 Å². The summed E-state index contributed by atoms with van der Waals surface area (Å²) in [5.41, 5.74) is 5.45. The molecular weight excluding hydrogens is 250 g/mol. The standard InChI is InChI=1S/C16H19N3O/c1-3-16-8-7-14(20)10(2)15(16)11-5-4-6-13(18-19-17)12(11)9-16/h4-6H,3,7-9H2,1-2H3,(H2,17,18). The first-order valence-corrected chi connectivity index (χ1v) is 7.10. The Hall–Kier alpha value is -1.97. The normalized spacial score (nSPS) is 25.2. The lowest BCUT2D eigenvalue weighted by molar-refractivity contribution is -0.116. The summed E-state index contributed by atoms with van der Waals surface area (Å²) in [6, 6.07) is 6.00. The van der Waals surface area contributed by atoms with Gasteiger partial charge < -0.3 is 5.84 Å². The van der Waals surface area contributed by atoms with Crippen molar-refractivity contribution in [3.05, 3.63) is 34.9 Å². The molecule has 104 valence electrons. The van der Waals surface area contributed by atoms with E-state index in [1.807, 2.05) is 19.1 Å². The van der Waals surface area contributed by atoms with Gasteiger partial charge in [0.1, 0.15) is 0 Å². The van der Waals surface area contributed by atoms with E-state index in [9.17, 15) is 4.79 Å². The molecule has 0 amide bonds. The number of allylic oxidation sites excluding steroid dienone is 2. The fraction of sp³-hybridized carbons (Fsp3) is 0.438. The Balaban J connectivity index is 2.27. The van der Waals surface area contributed by atoms with Gasteiger partial charge in [0.15, 0.2) is 5.78 Å². The second kappa shape index (κ2) is 4.54. The van der Waals surface area contributed by atoms with E-state index < -0.39 is 0 Å². The van der Waals surface area contributed by atoms with Crippen molar-refractivity contribution in [2.24, 2.45) is 21.6 Å². The second-order valence-electron chi connectivity index (χ2n) is 5.75. The number of fused-ring (bicyclic) bond motifs is 3. The highest BCUT2D eigenvalue weighted by Crippen LogP contribution is 2.57. The van der Waals surface area contributed by atoms with E-state index in [1.54, 1.807) is 0 Å². The van der Waals surface area contributed by atoms with Crippen LogP contribution in [-0.4, -0.2) is 5.78 Å². The number of benzene rings is 1. The molecule has 1 atom stereocenters. The molecule has 0 spiro atoms. The first kappa shape index (κ1) is 13.0. The van der Waals surface area contributed by atoms with E-state index in [0.717, 1.165) is 30.5 Å². The summed E-state index contributed by atoms with van der Waals surface area (Å²) in [5.74, 6) is 5.49. The molecule has 1 aromatic carbocycles. The number of nitrogens with zero attached hydrogens (tertiary/aromatic N) is 2. The van der Waals surface area contributed by atoms with Crippen molar-refractivity contribution < 1.29 is 4.79 Å². The van der Waals surface area contributed by atoms with Crippen LogP contribution in [0.1, 0.15) is 44.2 Å². The molecule has 0 fully saturated rings. The molecule has 0 bridgehead atoms. The molecule has 4 heteroatoms. The second-order valence-corrected chi connectivity index (χ2v) is 5.75. The minimum Gasteiger partial charge on any atom is -0.305 e. The zero-order valence-corrected chi connectivity index (χ0v) is 11.9. The van der Waals surface area contributed by atoms with Crippen molar-refractivity contribution in [1.82, 2.24) is 0 Å². The lowest BCUT2D eigenvalue weighted by Crippen LogP contribution is -2.27. The third-order valence-corrected chi connectivity index (χ3v) is 4.93. The first-order chi connectivity index (χ1) is 9.63. The first-order valence-electron chi connectivity index (χ1n) is 7.10. The van der Waals surface area contributed by atoms with Crippen molar-refractivity contribution in [3.8, 4) is 0 Å². The van der Waals surface area contributed by atoms with Crippen LogP contribution in [0.2, 0.25) is 0 Å². The SMILES string of the molecule is CCC12CCC(=O)C(C)=C1c1cccc(N=NN)c1C2. The number of ketones is 1. The molecule has 1 aromatic rings. The Bertz CT molecular complexity index is 645. The number of hydrogen-bond acceptors (Lipinski definition) is 3. The molecule has 2 N–H and O–H groups in total. The van der Waals surface area contributed by atoms with E-state index in [4.69, 9.17) is 5.84 Å². The number of carbonyl (C=O) groups is 1. The van der Waals surface area contributed by atoms with E-state index in [1.165, 1.54) is 16.7 Å². The molecule has 2 aliphatic rings. The zero-order chi connectivity index (χ0) is 14.3. The number of Topliss-reactive ketones (excluding diaryl/α,β-unsaturated/α-hetero) is 1. The van der Waals surface area contributed by atoms with Gasteiger partial charge in [0.05, 0.1) is 5.69 Å². The highest BCUT2D eigenvalue weighted by atomic mass is 16.1. The van der Waals surface area contributed by atoms with Gasteiger partial charge in [-0.25, -0.2) is 0 Å². The van der Waals surface area contributed by atoms with Gasteiger partial charge in [-0.05, 0) is 54.5 Å². The summed E-state index contributed by atoms with van der Waals surface area (Å²) in [4.78, 5) is 12.1. The average molecular weight is 269 g/mol. The highest BCUT2D eigenvalue weighted by Gasteiger charge is 2.45. The Kier molecular flexibility index (Phi) is 2.96. The molecule has 0 radical (unpaired) electrons. The van der Waals surface area contributed by atoms with E-state index in [0.29, 0.717) is 6.42 Å². The van der Waals surface area contributed by atoms with Gasteiger partial charge in [0.25, 0.3) is 0 Å². The van der Waals surface area contributed by atoms with Gasteiger partial charge in [-0.1, -0.05) is 24.3 Å². The molecule has 4 nitrogen and oxygen atoms in total. The summed E-state index contributed by atoms with van der Waals surface area (Å²) in [5, 5.41) is 7.47. The molecule has 20 heavy (non-hydrogen) atoms. The fourth-order valence-electron chi connectivity index (χ4n) is 3.83. The smallest absolute Gasteiger partial charge is 0.158 e. The molecule has 2 aliphatic carbocycles. The average Bonchev–Trinajstić information content (AvgIpc) is 2.80. The van der Waals surface area contributed by atoms with Crippen LogP contribution in [0.4, 0.5) is 5.69 Å². The van der Waals surface area contributed by atoms with Crippen LogP contribution in [0.5, 0.6) is 0 Å². The van der Waals surface area contributed by atoms with Crippen molar-refractivity contribution in [2.45, 2.75) is 39.5 Å². The van der Waals surface area contributed by atoms with Crippen molar-refractivity contribution >= 4 is 17.0 Å². The maximum absolute atomic E-state index is 12.1. The molecule has 0 saturated heterocycles. The predicted octanol–water partition coefficient (Wildman–Crippen LogP) is 3.73. The van der Waals surface area contributed by atoms with Crippen molar-refractivity contribution in [3.63, 3.8) is 0 Å².